The molecule has 3 N–H and O–H groups in total. The summed E-state index contributed by atoms with van der Waals surface area (Å²) in [5, 5.41) is 0. The number of carbonyl (C=O) groups is 2. The van der Waals surface area contributed by atoms with E-state index in [0.717, 1.165) is 51.6 Å². The van der Waals surface area contributed by atoms with Crippen LogP contribution in [0.4, 0.5) is 0 Å². The number of carbonyl (C=O) groups excluding carboxylic acids is 2. The number of methoxy groups -OCH3 is 1. The molecule has 1 aromatic rings. The first-order chi connectivity index (χ1) is 16.6. The van der Waals surface area contributed by atoms with Crippen LogP contribution in [0.2, 0.25) is 0 Å². The van der Waals surface area contributed by atoms with Crippen molar-refractivity contribution >= 4 is 11.9 Å². The van der Waals surface area contributed by atoms with Gasteiger partial charge in [0.25, 0.3) is 5.91 Å². The number of benzene rings is 1. The van der Waals surface area contributed by atoms with E-state index in [1.165, 1.54) is 56.6 Å². The van der Waals surface area contributed by atoms with Crippen LogP contribution in [-0.4, -0.2) is 102 Å². The van der Waals surface area contributed by atoms with Gasteiger partial charge in [0, 0.05) is 31.5 Å². The molecule has 0 spiro atoms. The molecular formula is C26H43Cl3N4O4. The molecule has 1 aromatic carbocycles. The molecule has 8 nitrogen and oxygen atoms in total. The molecule has 212 valence electrons. The Labute approximate surface area is 240 Å². The SMILES string of the molecule is COC(=O)COC1CCN(C(=O)C[NH+]2CC[NH+](C3CC[NH+](Cc4ccccc4)CC3)CC2)CC1.[Cl-].[Cl-].[Cl-]. The Balaban J connectivity index is 0.00000228. The summed E-state index contributed by atoms with van der Waals surface area (Å²) >= 11 is 0. The predicted octanol–water partition coefficient (Wildman–Crippen LogP) is -11.8. The third-order valence-electron chi connectivity index (χ3n) is 8.03. The lowest BCUT2D eigenvalue weighted by Gasteiger charge is -2.38. The molecular weight excluding hydrogens is 539 g/mol. The summed E-state index contributed by atoms with van der Waals surface area (Å²) in [5.41, 5.74) is 1.45. The van der Waals surface area contributed by atoms with E-state index < -0.39 is 0 Å². The van der Waals surface area contributed by atoms with Gasteiger partial charge in [-0.2, -0.15) is 0 Å². The molecule has 0 aromatic heterocycles. The summed E-state index contributed by atoms with van der Waals surface area (Å²) in [6.07, 6.45) is 4.27. The van der Waals surface area contributed by atoms with Crippen LogP contribution >= 0.6 is 0 Å². The monoisotopic (exact) mass is 580 g/mol. The highest BCUT2D eigenvalue weighted by Crippen LogP contribution is 2.13. The van der Waals surface area contributed by atoms with Crippen molar-refractivity contribution in [2.45, 2.75) is 44.4 Å². The highest BCUT2D eigenvalue weighted by molar-refractivity contribution is 5.77. The number of amides is 1. The molecule has 3 aliphatic rings. The van der Waals surface area contributed by atoms with Crippen molar-refractivity contribution in [1.29, 1.82) is 0 Å². The lowest BCUT2D eigenvalue weighted by atomic mass is 10.0. The van der Waals surface area contributed by atoms with Gasteiger partial charge in [0.2, 0.25) is 0 Å². The van der Waals surface area contributed by atoms with Crippen LogP contribution in [0.3, 0.4) is 0 Å². The van der Waals surface area contributed by atoms with Crippen molar-refractivity contribution in [2.24, 2.45) is 0 Å². The second-order valence-corrected chi connectivity index (χ2v) is 10.2. The topological polar surface area (TPSA) is 69.2 Å². The van der Waals surface area contributed by atoms with Crippen molar-refractivity contribution in [3.8, 4) is 0 Å². The van der Waals surface area contributed by atoms with E-state index >= 15 is 0 Å². The number of halogens is 3. The largest absolute Gasteiger partial charge is 1.00 e. The molecule has 0 aliphatic carbocycles. The molecule has 0 saturated carbocycles. The molecule has 3 aliphatic heterocycles. The van der Waals surface area contributed by atoms with Crippen molar-refractivity contribution < 1.29 is 71.0 Å². The van der Waals surface area contributed by atoms with Crippen LogP contribution in [-0.2, 0) is 25.6 Å². The zero-order valence-electron chi connectivity index (χ0n) is 21.9. The molecule has 3 fully saturated rings. The lowest BCUT2D eigenvalue weighted by Crippen LogP contribution is -3.30. The number of rotatable bonds is 8. The fourth-order valence-electron chi connectivity index (χ4n) is 5.85. The van der Waals surface area contributed by atoms with Crippen molar-refractivity contribution in [3.63, 3.8) is 0 Å². The molecule has 11 heteroatoms. The van der Waals surface area contributed by atoms with Crippen LogP contribution in [0.25, 0.3) is 0 Å². The van der Waals surface area contributed by atoms with Gasteiger partial charge in [-0.25, -0.2) is 4.79 Å². The second kappa shape index (κ2) is 17.5. The Kier molecular flexibility index (Phi) is 16.0. The predicted molar refractivity (Wildman–Crippen MR) is 128 cm³/mol. The van der Waals surface area contributed by atoms with E-state index in [4.69, 9.17) is 4.74 Å². The number of ether oxygens (including phenoxy) is 2. The average molecular weight is 582 g/mol. The van der Waals surface area contributed by atoms with Crippen molar-refractivity contribution in [3.05, 3.63) is 35.9 Å². The first kappa shape index (κ1) is 33.9. The lowest BCUT2D eigenvalue weighted by molar-refractivity contribution is -1.03. The first-order valence-corrected chi connectivity index (χ1v) is 13.1. The van der Waals surface area contributed by atoms with Crippen LogP contribution in [0.5, 0.6) is 0 Å². The van der Waals surface area contributed by atoms with E-state index in [0.29, 0.717) is 6.54 Å². The third kappa shape index (κ3) is 10.5. The van der Waals surface area contributed by atoms with E-state index in [2.05, 4.69) is 35.1 Å². The second-order valence-electron chi connectivity index (χ2n) is 10.2. The van der Waals surface area contributed by atoms with Crippen LogP contribution in [0.15, 0.2) is 30.3 Å². The van der Waals surface area contributed by atoms with Gasteiger partial charge in [-0.3, -0.25) is 4.79 Å². The number of esters is 1. The average Bonchev–Trinajstić information content (AvgIpc) is 2.89. The number of piperazine rings is 1. The maximum Gasteiger partial charge on any atom is 0.331 e. The van der Waals surface area contributed by atoms with Gasteiger partial charge in [-0.05, 0) is 12.8 Å². The summed E-state index contributed by atoms with van der Waals surface area (Å²) in [7, 11) is 1.37. The van der Waals surface area contributed by atoms with Crippen molar-refractivity contribution in [2.75, 3.05) is 72.6 Å². The Bertz CT molecular complexity index is 783. The zero-order chi connectivity index (χ0) is 23.8. The maximum absolute atomic E-state index is 12.8. The Hall–Kier alpha value is -1.13. The number of piperidine rings is 2. The number of hydrogen-bond donors (Lipinski definition) is 3. The van der Waals surface area contributed by atoms with Gasteiger partial charge in [-0.1, -0.05) is 30.3 Å². The molecule has 0 unspecified atom stereocenters. The molecule has 0 atom stereocenters. The van der Waals surface area contributed by atoms with Gasteiger partial charge >= 0.3 is 5.97 Å². The van der Waals surface area contributed by atoms with E-state index in [1.807, 2.05) is 4.90 Å². The minimum atomic E-state index is -0.345. The maximum atomic E-state index is 12.8. The molecule has 3 saturated heterocycles. The van der Waals surface area contributed by atoms with Crippen LogP contribution in [0, 0.1) is 0 Å². The Morgan fingerprint density at radius 1 is 0.865 bits per heavy atom. The van der Waals surface area contributed by atoms with E-state index in [1.54, 1.807) is 9.80 Å². The summed E-state index contributed by atoms with van der Waals surface area (Å²) in [5.74, 6) is -0.0787. The molecule has 37 heavy (non-hydrogen) atoms. The fourth-order valence-corrected chi connectivity index (χ4v) is 5.85. The summed E-state index contributed by atoms with van der Waals surface area (Å²) in [4.78, 5) is 31.0. The quantitative estimate of drug-likeness (QED) is 0.267. The number of nitrogens with one attached hydrogen (secondary N) is 3. The summed E-state index contributed by atoms with van der Waals surface area (Å²) in [6.45, 7) is 10.3. The summed E-state index contributed by atoms with van der Waals surface area (Å²) in [6, 6.07) is 11.7. The smallest absolute Gasteiger partial charge is 0.331 e. The highest BCUT2D eigenvalue weighted by atomic mass is 35.5. The number of likely N-dealkylation sites (tertiary alicyclic amines) is 2. The minimum Gasteiger partial charge on any atom is -1.00 e. The van der Waals surface area contributed by atoms with E-state index in [-0.39, 0.29) is 61.8 Å². The minimum absolute atomic E-state index is 0. The third-order valence-corrected chi connectivity index (χ3v) is 8.03. The van der Waals surface area contributed by atoms with Crippen LogP contribution < -0.4 is 51.9 Å². The number of nitrogens with zero attached hydrogens (tertiary/aromatic N) is 1. The van der Waals surface area contributed by atoms with Crippen molar-refractivity contribution in [1.82, 2.24) is 4.90 Å². The Morgan fingerprint density at radius 2 is 1.49 bits per heavy atom. The normalized spacial score (nSPS) is 26.1. The van der Waals surface area contributed by atoms with Gasteiger partial charge in [0.1, 0.15) is 39.3 Å². The highest BCUT2D eigenvalue weighted by Gasteiger charge is 2.35. The van der Waals surface area contributed by atoms with Gasteiger partial charge in [0.15, 0.2) is 6.54 Å². The molecule has 3 heterocycles. The molecule has 0 bridgehead atoms. The number of hydrogen-bond acceptors (Lipinski definition) is 4. The molecule has 4 rings (SSSR count). The first-order valence-electron chi connectivity index (χ1n) is 13.1. The zero-order valence-corrected chi connectivity index (χ0v) is 24.1. The standard InChI is InChI=1S/C26H40N4O4.3ClH/c1-33-26(32)21-34-24-9-13-30(14-10-24)25(31)20-28-15-17-29(18-16-28)23-7-11-27(12-8-23)19-22-5-3-2-4-6-22;;;/h2-6,23-24H,7-21H2,1H3;3*1H. The van der Waals surface area contributed by atoms with Gasteiger partial charge in [-0.15, -0.1) is 0 Å². The van der Waals surface area contributed by atoms with Crippen LogP contribution in [0.1, 0.15) is 31.2 Å². The fraction of sp³-hybridized carbons (Fsp3) is 0.692. The summed E-state index contributed by atoms with van der Waals surface area (Å²) < 4.78 is 10.2. The van der Waals surface area contributed by atoms with Gasteiger partial charge < -0.3 is 66.3 Å². The number of quaternary nitrogens is 3. The molecule has 1 amide bonds. The Morgan fingerprint density at radius 3 is 2.08 bits per heavy atom. The van der Waals surface area contributed by atoms with Gasteiger partial charge in [0.05, 0.1) is 32.3 Å². The van der Waals surface area contributed by atoms with E-state index in [9.17, 15) is 9.59 Å². The molecule has 0 radical (unpaired) electrons.